The molecule has 1 aliphatic rings. The molecule has 2 aromatic carbocycles. The molecule has 24 heavy (non-hydrogen) atoms. The first kappa shape index (κ1) is 16.5. The maximum atomic E-state index is 12.2. The van der Waals surface area contributed by atoms with Crippen LogP contribution >= 0.6 is 0 Å². The molecule has 0 spiro atoms. The van der Waals surface area contributed by atoms with Crippen LogP contribution in [0.25, 0.3) is 0 Å². The van der Waals surface area contributed by atoms with Crippen LogP contribution in [0.5, 0.6) is 5.75 Å². The van der Waals surface area contributed by atoms with E-state index in [0.717, 1.165) is 23.3 Å². The standard InChI is InChI=1S/C20H23NO3/c22-17(12-15-6-2-1-3-7-15)14-21-20(23)13-16-10-11-24-19-9-5-4-8-18(16)19/h1-9,16-17,22H,10-14H2,(H,21,23)/t16-,17+/m1/s1. The van der Waals surface area contributed by atoms with Gasteiger partial charge in [-0.2, -0.15) is 0 Å². The molecule has 0 radical (unpaired) electrons. The van der Waals surface area contributed by atoms with Gasteiger partial charge in [0.1, 0.15) is 5.75 Å². The fourth-order valence-corrected chi connectivity index (χ4v) is 3.11. The number of amides is 1. The zero-order chi connectivity index (χ0) is 16.8. The van der Waals surface area contributed by atoms with Gasteiger partial charge in [-0.3, -0.25) is 4.79 Å². The molecule has 1 amide bonds. The fraction of sp³-hybridized carbons (Fsp3) is 0.350. The third-order valence-corrected chi connectivity index (χ3v) is 4.36. The van der Waals surface area contributed by atoms with Crippen molar-refractivity contribution in [1.82, 2.24) is 5.32 Å². The monoisotopic (exact) mass is 325 g/mol. The van der Waals surface area contributed by atoms with Crippen LogP contribution in [0.15, 0.2) is 54.6 Å². The molecule has 2 aromatic rings. The van der Waals surface area contributed by atoms with Crippen molar-refractivity contribution in [2.45, 2.75) is 31.3 Å². The predicted octanol–water partition coefficient (Wildman–Crippen LogP) is 2.66. The van der Waals surface area contributed by atoms with Crippen LogP contribution in [0, 0.1) is 0 Å². The first-order chi connectivity index (χ1) is 11.7. The first-order valence-corrected chi connectivity index (χ1v) is 8.43. The summed E-state index contributed by atoms with van der Waals surface area (Å²) in [6.07, 6.45) is 1.25. The van der Waals surface area contributed by atoms with Crippen LogP contribution in [0.3, 0.4) is 0 Å². The van der Waals surface area contributed by atoms with E-state index < -0.39 is 6.10 Å². The molecule has 0 unspecified atom stereocenters. The quantitative estimate of drug-likeness (QED) is 0.858. The Labute approximate surface area is 142 Å². The van der Waals surface area contributed by atoms with Crippen molar-refractivity contribution in [1.29, 1.82) is 0 Å². The van der Waals surface area contributed by atoms with Gasteiger partial charge in [0.05, 0.1) is 12.7 Å². The molecule has 0 saturated heterocycles. The van der Waals surface area contributed by atoms with Gasteiger partial charge in [-0.1, -0.05) is 48.5 Å². The lowest BCUT2D eigenvalue weighted by molar-refractivity contribution is -0.122. The molecule has 0 aliphatic carbocycles. The maximum Gasteiger partial charge on any atom is 0.220 e. The minimum absolute atomic E-state index is 0.0242. The SMILES string of the molecule is O=C(C[C@H]1CCOc2ccccc21)NC[C@@H](O)Cc1ccccc1. The van der Waals surface area contributed by atoms with Gasteiger partial charge in [0.25, 0.3) is 0 Å². The van der Waals surface area contributed by atoms with E-state index in [2.05, 4.69) is 5.32 Å². The van der Waals surface area contributed by atoms with E-state index in [1.807, 2.05) is 54.6 Å². The molecule has 0 bridgehead atoms. The number of carbonyl (C=O) groups is 1. The molecule has 2 N–H and O–H groups in total. The summed E-state index contributed by atoms with van der Waals surface area (Å²) in [6, 6.07) is 17.7. The molecular weight excluding hydrogens is 302 g/mol. The molecular formula is C20H23NO3. The summed E-state index contributed by atoms with van der Waals surface area (Å²) in [7, 11) is 0. The van der Waals surface area contributed by atoms with Crippen molar-refractivity contribution in [2.24, 2.45) is 0 Å². The third-order valence-electron chi connectivity index (χ3n) is 4.36. The van der Waals surface area contributed by atoms with E-state index in [1.165, 1.54) is 0 Å². The number of hydrogen-bond donors (Lipinski definition) is 2. The van der Waals surface area contributed by atoms with Gasteiger partial charge in [0, 0.05) is 19.4 Å². The highest BCUT2D eigenvalue weighted by atomic mass is 16.5. The fourth-order valence-electron chi connectivity index (χ4n) is 3.11. The third kappa shape index (κ3) is 4.36. The van der Waals surface area contributed by atoms with Crippen molar-refractivity contribution < 1.29 is 14.6 Å². The van der Waals surface area contributed by atoms with Crippen LogP contribution in [0.2, 0.25) is 0 Å². The molecule has 4 heteroatoms. The normalized spacial score (nSPS) is 17.5. The molecule has 0 aromatic heterocycles. The highest BCUT2D eigenvalue weighted by Gasteiger charge is 2.23. The van der Waals surface area contributed by atoms with Crippen LogP contribution in [0.1, 0.15) is 29.9 Å². The number of benzene rings is 2. The summed E-state index contributed by atoms with van der Waals surface area (Å²) < 4.78 is 5.63. The summed E-state index contributed by atoms with van der Waals surface area (Å²) in [4.78, 5) is 12.2. The molecule has 126 valence electrons. The second kappa shape index (κ2) is 7.97. The van der Waals surface area contributed by atoms with E-state index in [9.17, 15) is 9.90 Å². The molecule has 0 saturated carbocycles. The topological polar surface area (TPSA) is 58.6 Å². The lowest BCUT2D eigenvalue weighted by Gasteiger charge is -2.25. The van der Waals surface area contributed by atoms with Crippen molar-refractivity contribution >= 4 is 5.91 Å². The second-order valence-corrected chi connectivity index (χ2v) is 6.22. The van der Waals surface area contributed by atoms with Crippen molar-refractivity contribution in [3.63, 3.8) is 0 Å². The number of hydrogen-bond acceptors (Lipinski definition) is 3. The minimum atomic E-state index is -0.571. The highest BCUT2D eigenvalue weighted by Crippen LogP contribution is 2.35. The Hall–Kier alpha value is -2.33. The Morgan fingerprint density at radius 1 is 1.17 bits per heavy atom. The number of aliphatic hydroxyl groups excluding tert-OH is 1. The summed E-state index contributed by atoms with van der Waals surface area (Å²) in [5.41, 5.74) is 2.17. The van der Waals surface area contributed by atoms with E-state index >= 15 is 0 Å². The van der Waals surface area contributed by atoms with Crippen LogP contribution in [-0.2, 0) is 11.2 Å². The van der Waals surface area contributed by atoms with Crippen LogP contribution < -0.4 is 10.1 Å². The maximum absolute atomic E-state index is 12.2. The minimum Gasteiger partial charge on any atom is -0.493 e. The highest BCUT2D eigenvalue weighted by molar-refractivity contribution is 5.77. The summed E-state index contributed by atoms with van der Waals surface area (Å²) in [5.74, 6) is 1.04. The smallest absolute Gasteiger partial charge is 0.220 e. The average molecular weight is 325 g/mol. The molecule has 3 rings (SSSR count). The predicted molar refractivity (Wildman–Crippen MR) is 93.1 cm³/mol. The van der Waals surface area contributed by atoms with Crippen molar-refractivity contribution in [3.8, 4) is 5.75 Å². The van der Waals surface area contributed by atoms with Gasteiger partial charge in [-0.05, 0) is 29.5 Å². The van der Waals surface area contributed by atoms with Gasteiger partial charge in [0.2, 0.25) is 5.91 Å². The lowest BCUT2D eigenvalue weighted by atomic mass is 9.90. The van der Waals surface area contributed by atoms with Gasteiger partial charge < -0.3 is 15.2 Å². The zero-order valence-corrected chi connectivity index (χ0v) is 13.7. The molecule has 1 aliphatic heterocycles. The van der Waals surface area contributed by atoms with Crippen LogP contribution in [0.4, 0.5) is 0 Å². The Kier molecular flexibility index (Phi) is 5.49. The van der Waals surface area contributed by atoms with Crippen LogP contribution in [-0.4, -0.2) is 30.3 Å². The van der Waals surface area contributed by atoms with Gasteiger partial charge in [-0.25, -0.2) is 0 Å². The van der Waals surface area contributed by atoms with E-state index in [4.69, 9.17) is 4.74 Å². The van der Waals surface area contributed by atoms with E-state index in [-0.39, 0.29) is 18.4 Å². The molecule has 0 fully saturated rings. The summed E-state index contributed by atoms with van der Waals surface area (Å²) in [5, 5.41) is 12.9. The first-order valence-electron chi connectivity index (χ1n) is 8.43. The van der Waals surface area contributed by atoms with Gasteiger partial charge >= 0.3 is 0 Å². The van der Waals surface area contributed by atoms with Crippen molar-refractivity contribution in [2.75, 3.05) is 13.2 Å². The Balaban J connectivity index is 1.48. The summed E-state index contributed by atoms with van der Waals surface area (Å²) in [6.45, 7) is 0.921. The molecule has 1 heterocycles. The number of aliphatic hydroxyl groups is 1. The number of rotatable bonds is 6. The van der Waals surface area contributed by atoms with Crippen molar-refractivity contribution in [3.05, 3.63) is 65.7 Å². The number of para-hydroxylation sites is 1. The lowest BCUT2D eigenvalue weighted by Crippen LogP contribution is -2.34. The Morgan fingerprint density at radius 2 is 1.92 bits per heavy atom. The zero-order valence-electron chi connectivity index (χ0n) is 13.7. The van der Waals surface area contributed by atoms with E-state index in [1.54, 1.807) is 0 Å². The Morgan fingerprint density at radius 3 is 2.75 bits per heavy atom. The summed E-state index contributed by atoms with van der Waals surface area (Å²) >= 11 is 0. The Bertz CT molecular complexity index is 672. The number of carbonyl (C=O) groups excluding carboxylic acids is 1. The number of fused-ring (bicyclic) bond motifs is 1. The molecule has 4 nitrogen and oxygen atoms in total. The van der Waals surface area contributed by atoms with E-state index in [0.29, 0.717) is 19.4 Å². The molecule has 2 atom stereocenters. The van der Waals surface area contributed by atoms with Gasteiger partial charge in [-0.15, -0.1) is 0 Å². The largest absolute Gasteiger partial charge is 0.493 e. The number of nitrogens with one attached hydrogen (secondary N) is 1. The average Bonchev–Trinajstić information content (AvgIpc) is 2.61. The second-order valence-electron chi connectivity index (χ2n) is 6.22. The van der Waals surface area contributed by atoms with Gasteiger partial charge in [0.15, 0.2) is 0 Å². The number of ether oxygens (including phenoxy) is 1.